The van der Waals surface area contributed by atoms with Gasteiger partial charge in [-0.1, -0.05) is 37.3 Å². The molecule has 146 valence electrons. The molecule has 1 saturated heterocycles. The van der Waals surface area contributed by atoms with Gasteiger partial charge >= 0.3 is 0 Å². The van der Waals surface area contributed by atoms with E-state index in [9.17, 15) is 4.79 Å². The highest BCUT2D eigenvalue weighted by Crippen LogP contribution is 2.07. The summed E-state index contributed by atoms with van der Waals surface area (Å²) in [6.45, 7) is 8.82. The number of rotatable bonds is 7. The van der Waals surface area contributed by atoms with Crippen LogP contribution in [0.1, 0.15) is 18.9 Å². The molecule has 1 heterocycles. The van der Waals surface area contributed by atoms with E-state index < -0.39 is 0 Å². The maximum absolute atomic E-state index is 11.6. The molecule has 8 heteroatoms. The number of hydrogen-bond donors (Lipinski definition) is 2. The second kappa shape index (κ2) is 14.6. The number of piperazine rings is 1. The van der Waals surface area contributed by atoms with Crippen LogP contribution in [-0.2, 0) is 11.3 Å². The van der Waals surface area contributed by atoms with Crippen LogP contribution in [0.25, 0.3) is 0 Å². The molecular weight excluding hydrogens is 383 g/mol. The van der Waals surface area contributed by atoms with E-state index in [0.29, 0.717) is 13.0 Å². The van der Waals surface area contributed by atoms with Gasteiger partial charge in [0.15, 0.2) is 0 Å². The van der Waals surface area contributed by atoms with E-state index in [-0.39, 0.29) is 49.2 Å². The van der Waals surface area contributed by atoms with Crippen LogP contribution < -0.4 is 11.1 Å². The summed E-state index contributed by atoms with van der Waals surface area (Å²) < 4.78 is 0. The molecule has 1 atom stereocenters. The fraction of sp³-hybridized carbons (Fsp3) is 0.588. The van der Waals surface area contributed by atoms with E-state index in [2.05, 4.69) is 45.4 Å². The molecule has 3 N–H and O–H groups in total. The summed E-state index contributed by atoms with van der Waals surface area (Å²) >= 11 is 0. The van der Waals surface area contributed by atoms with Crippen LogP contribution >= 0.6 is 37.2 Å². The summed E-state index contributed by atoms with van der Waals surface area (Å²) in [5.41, 5.74) is 7.07. The van der Waals surface area contributed by atoms with Gasteiger partial charge in [0, 0.05) is 45.8 Å². The second-order valence-corrected chi connectivity index (χ2v) is 5.91. The first-order chi connectivity index (χ1) is 10.7. The highest BCUT2D eigenvalue weighted by atomic mass is 35.5. The predicted octanol–water partition coefficient (Wildman–Crippen LogP) is 1.92. The highest BCUT2D eigenvalue weighted by molar-refractivity contribution is 5.86. The number of nitrogens with zero attached hydrogens (tertiary/aromatic N) is 2. The van der Waals surface area contributed by atoms with Crippen molar-refractivity contribution in [2.45, 2.75) is 25.9 Å². The Morgan fingerprint density at radius 2 is 1.64 bits per heavy atom. The van der Waals surface area contributed by atoms with Crippen molar-refractivity contribution in [3.05, 3.63) is 35.9 Å². The number of carbonyl (C=O) groups excluding carboxylic acids is 1. The van der Waals surface area contributed by atoms with Crippen LogP contribution in [0, 0.1) is 0 Å². The zero-order chi connectivity index (χ0) is 15.8. The third kappa shape index (κ3) is 9.64. The van der Waals surface area contributed by atoms with Crippen LogP contribution in [0.2, 0.25) is 0 Å². The second-order valence-electron chi connectivity index (χ2n) is 5.91. The summed E-state index contributed by atoms with van der Waals surface area (Å²) in [7, 11) is 0. The van der Waals surface area contributed by atoms with Crippen molar-refractivity contribution >= 4 is 43.1 Å². The first kappa shape index (κ1) is 26.7. The quantitative estimate of drug-likeness (QED) is 0.717. The zero-order valence-corrected chi connectivity index (χ0v) is 17.2. The van der Waals surface area contributed by atoms with E-state index in [0.717, 1.165) is 39.3 Å². The van der Waals surface area contributed by atoms with Gasteiger partial charge in [-0.05, 0) is 12.0 Å². The molecule has 1 amide bonds. The van der Waals surface area contributed by atoms with Gasteiger partial charge in [0.25, 0.3) is 0 Å². The van der Waals surface area contributed by atoms with Crippen molar-refractivity contribution < 1.29 is 4.79 Å². The Bertz CT molecular complexity index is 456. The largest absolute Gasteiger partial charge is 0.353 e. The summed E-state index contributed by atoms with van der Waals surface area (Å²) in [5.74, 6) is -0.0368. The standard InChI is InChI=1S/C17H28N4O.3ClH/c1-2-16(18)17(22)19-8-9-20-10-12-21(13-11-20)14-15-6-4-3-5-7-15;;;/h3-7,16H,2,8-14,18H2,1H3,(H,19,22);3*1H/t16-;;;/m0.../s1. The maximum atomic E-state index is 11.6. The molecule has 1 aromatic rings. The molecule has 0 spiro atoms. The fourth-order valence-electron chi connectivity index (χ4n) is 2.67. The number of nitrogens with one attached hydrogen (secondary N) is 1. The van der Waals surface area contributed by atoms with Gasteiger partial charge in [0.05, 0.1) is 6.04 Å². The van der Waals surface area contributed by atoms with Crippen molar-refractivity contribution in [3.8, 4) is 0 Å². The third-order valence-electron chi connectivity index (χ3n) is 4.22. The molecular formula is C17H31Cl3N4O. The lowest BCUT2D eigenvalue weighted by Gasteiger charge is -2.34. The first-order valence-electron chi connectivity index (χ1n) is 8.21. The molecule has 1 aliphatic rings. The molecule has 2 rings (SSSR count). The van der Waals surface area contributed by atoms with Gasteiger partial charge in [0.1, 0.15) is 0 Å². The van der Waals surface area contributed by atoms with Gasteiger partial charge in [-0.2, -0.15) is 0 Å². The molecule has 0 radical (unpaired) electrons. The third-order valence-corrected chi connectivity index (χ3v) is 4.22. The Kier molecular flexibility index (Phi) is 15.6. The first-order valence-corrected chi connectivity index (χ1v) is 8.21. The summed E-state index contributed by atoms with van der Waals surface area (Å²) in [5, 5.41) is 2.91. The molecule has 0 bridgehead atoms. The van der Waals surface area contributed by atoms with Crippen LogP contribution in [0.4, 0.5) is 0 Å². The van der Waals surface area contributed by atoms with Crippen molar-refractivity contribution in [2.24, 2.45) is 5.73 Å². The Morgan fingerprint density at radius 1 is 1.08 bits per heavy atom. The van der Waals surface area contributed by atoms with E-state index >= 15 is 0 Å². The van der Waals surface area contributed by atoms with Crippen molar-refractivity contribution in [1.82, 2.24) is 15.1 Å². The normalized spacial score (nSPS) is 15.9. The van der Waals surface area contributed by atoms with Gasteiger partial charge < -0.3 is 11.1 Å². The lowest BCUT2D eigenvalue weighted by molar-refractivity contribution is -0.122. The lowest BCUT2D eigenvalue weighted by atomic mass is 10.2. The molecule has 0 aliphatic carbocycles. The minimum Gasteiger partial charge on any atom is -0.353 e. The number of amides is 1. The van der Waals surface area contributed by atoms with E-state index in [1.807, 2.05) is 6.92 Å². The minimum atomic E-state index is -0.372. The zero-order valence-electron chi connectivity index (χ0n) is 14.7. The van der Waals surface area contributed by atoms with E-state index in [1.165, 1.54) is 5.56 Å². The Balaban J connectivity index is 0. The predicted molar refractivity (Wildman–Crippen MR) is 111 cm³/mol. The van der Waals surface area contributed by atoms with Crippen LogP contribution in [-0.4, -0.2) is 61.0 Å². The van der Waals surface area contributed by atoms with Crippen molar-refractivity contribution in [2.75, 3.05) is 39.3 Å². The monoisotopic (exact) mass is 412 g/mol. The fourth-order valence-corrected chi connectivity index (χ4v) is 2.67. The molecule has 1 aliphatic heterocycles. The topological polar surface area (TPSA) is 61.6 Å². The highest BCUT2D eigenvalue weighted by Gasteiger charge is 2.17. The number of hydrogen-bond acceptors (Lipinski definition) is 4. The molecule has 1 aromatic carbocycles. The average Bonchev–Trinajstić information content (AvgIpc) is 2.56. The van der Waals surface area contributed by atoms with Crippen LogP contribution in [0.3, 0.4) is 0 Å². The molecule has 25 heavy (non-hydrogen) atoms. The molecule has 0 saturated carbocycles. The Labute approximate surface area is 169 Å². The van der Waals surface area contributed by atoms with Gasteiger partial charge in [-0.25, -0.2) is 0 Å². The molecule has 0 unspecified atom stereocenters. The van der Waals surface area contributed by atoms with Crippen LogP contribution in [0.5, 0.6) is 0 Å². The number of nitrogens with two attached hydrogens (primary N) is 1. The Morgan fingerprint density at radius 3 is 2.20 bits per heavy atom. The van der Waals surface area contributed by atoms with Gasteiger partial charge in [0.2, 0.25) is 5.91 Å². The SMILES string of the molecule is CC[C@H](N)C(=O)NCCN1CCN(Cc2ccccc2)CC1.Cl.Cl.Cl. The summed E-state index contributed by atoms with van der Waals surface area (Å²) in [4.78, 5) is 16.5. The van der Waals surface area contributed by atoms with Crippen molar-refractivity contribution in [1.29, 1.82) is 0 Å². The van der Waals surface area contributed by atoms with Gasteiger partial charge in [-0.15, -0.1) is 37.2 Å². The van der Waals surface area contributed by atoms with Gasteiger partial charge in [-0.3, -0.25) is 14.6 Å². The van der Waals surface area contributed by atoms with E-state index in [1.54, 1.807) is 0 Å². The van der Waals surface area contributed by atoms with Crippen LogP contribution in [0.15, 0.2) is 30.3 Å². The summed E-state index contributed by atoms with van der Waals surface area (Å²) in [6, 6.07) is 10.2. The number of benzene rings is 1. The molecule has 5 nitrogen and oxygen atoms in total. The number of halogens is 3. The summed E-state index contributed by atoms with van der Waals surface area (Å²) in [6.07, 6.45) is 0.685. The van der Waals surface area contributed by atoms with Crippen molar-refractivity contribution in [3.63, 3.8) is 0 Å². The average molecular weight is 414 g/mol. The Hall–Kier alpha value is -0.560. The molecule has 0 aromatic heterocycles. The van der Waals surface area contributed by atoms with E-state index in [4.69, 9.17) is 5.73 Å². The molecule has 1 fully saturated rings. The smallest absolute Gasteiger partial charge is 0.236 e. The maximum Gasteiger partial charge on any atom is 0.236 e. The minimum absolute atomic E-state index is 0. The lowest BCUT2D eigenvalue weighted by Crippen LogP contribution is -2.49. The number of carbonyl (C=O) groups is 1.